The lowest BCUT2D eigenvalue weighted by atomic mass is 10.2. The van der Waals surface area contributed by atoms with E-state index in [-0.39, 0.29) is 0 Å². The van der Waals surface area contributed by atoms with Crippen molar-refractivity contribution < 1.29 is 9.47 Å². The first-order valence-corrected chi connectivity index (χ1v) is 7.07. The molecule has 0 aliphatic heterocycles. The molecule has 0 fully saturated rings. The highest BCUT2D eigenvalue weighted by atomic mass is 16.5. The Kier molecular flexibility index (Phi) is 8.18. The zero-order valence-corrected chi connectivity index (χ0v) is 12.3. The molecule has 0 amide bonds. The van der Waals surface area contributed by atoms with E-state index in [2.05, 4.69) is 31.1 Å². The molecule has 0 aliphatic rings. The molecular weight excluding hydrogens is 240 g/mol. The van der Waals surface area contributed by atoms with Crippen molar-refractivity contribution in [3.63, 3.8) is 0 Å². The van der Waals surface area contributed by atoms with E-state index in [0.29, 0.717) is 25.7 Å². The maximum Gasteiger partial charge on any atom is 0.126 e. The first-order valence-electron chi connectivity index (χ1n) is 7.07. The largest absolute Gasteiger partial charge is 0.379 e. The molecule has 0 saturated carbocycles. The fourth-order valence-electron chi connectivity index (χ4n) is 1.53. The van der Waals surface area contributed by atoms with Crippen molar-refractivity contribution in [2.45, 2.75) is 33.8 Å². The summed E-state index contributed by atoms with van der Waals surface area (Å²) >= 11 is 0. The number of nitrogens with zero attached hydrogens (tertiary/aromatic N) is 1. The third-order valence-corrected chi connectivity index (χ3v) is 2.44. The van der Waals surface area contributed by atoms with Crippen LogP contribution in [0.15, 0.2) is 18.2 Å². The average molecular weight is 266 g/mol. The van der Waals surface area contributed by atoms with Gasteiger partial charge in [-0.25, -0.2) is 4.98 Å². The summed E-state index contributed by atoms with van der Waals surface area (Å²) in [5.41, 5.74) is 0.949. The van der Waals surface area contributed by atoms with E-state index < -0.39 is 0 Å². The molecule has 0 unspecified atom stereocenters. The van der Waals surface area contributed by atoms with Gasteiger partial charge in [0.25, 0.3) is 0 Å². The Hall–Kier alpha value is -1.13. The van der Waals surface area contributed by atoms with Gasteiger partial charge >= 0.3 is 0 Å². The third-order valence-electron chi connectivity index (χ3n) is 2.44. The van der Waals surface area contributed by atoms with Crippen LogP contribution in [0.4, 0.5) is 5.82 Å². The summed E-state index contributed by atoms with van der Waals surface area (Å²) in [6.07, 6.45) is 1.09. The number of aromatic nitrogens is 1. The Morgan fingerprint density at radius 2 is 2.00 bits per heavy atom. The van der Waals surface area contributed by atoms with Crippen molar-refractivity contribution in [1.82, 2.24) is 4.98 Å². The minimum Gasteiger partial charge on any atom is -0.379 e. The SMILES string of the molecule is CCCNc1cccc(COCCOCC(C)C)n1. The van der Waals surface area contributed by atoms with Gasteiger partial charge in [-0.15, -0.1) is 0 Å². The number of hydrogen-bond donors (Lipinski definition) is 1. The maximum atomic E-state index is 5.55. The second-order valence-corrected chi connectivity index (χ2v) is 4.96. The number of rotatable bonds is 10. The molecule has 1 rings (SSSR count). The Morgan fingerprint density at radius 3 is 2.74 bits per heavy atom. The van der Waals surface area contributed by atoms with Crippen LogP contribution in [-0.2, 0) is 16.1 Å². The Morgan fingerprint density at radius 1 is 1.21 bits per heavy atom. The van der Waals surface area contributed by atoms with Gasteiger partial charge in [0.15, 0.2) is 0 Å². The van der Waals surface area contributed by atoms with Gasteiger partial charge in [-0.05, 0) is 24.5 Å². The van der Waals surface area contributed by atoms with Crippen LogP contribution in [0.2, 0.25) is 0 Å². The molecule has 0 aliphatic carbocycles. The number of hydrogen-bond acceptors (Lipinski definition) is 4. The molecule has 19 heavy (non-hydrogen) atoms. The quantitative estimate of drug-likeness (QED) is 0.661. The van der Waals surface area contributed by atoms with Gasteiger partial charge < -0.3 is 14.8 Å². The smallest absolute Gasteiger partial charge is 0.126 e. The fourth-order valence-corrected chi connectivity index (χ4v) is 1.53. The summed E-state index contributed by atoms with van der Waals surface area (Å²) in [4.78, 5) is 4.48. The number of ether oxygens (including phenoxy) is 2. The van der Waals surface area contributed by atoms with Crippen LogP contribution in [-0.4, -0.2) is 31.3 Å². The van der Waals surface area contributed by atoms with Crippen LogP contribution in [0.25, 0.3) is 0 Å². The first kappa shape index (κ1) is 15.9. The van der Waals surface area contributed by atoms with Gasteiger partial charge in [-0.2, -0.15) is 0 Å². The fraction of sp³-hybridized carbons (Fsp3) is 0.667. The van der Waals surface area contributed by atoms with E-state index in [9.17, 15) is 0 Å². The lowest BCUT2D eigenvalue weighted by molar-refractivity contribution is 0.0305. The minimum absolute atomic E-state index is 0.534. The van der Waals surface area contributed by atoms with Crippen LogP contribution in [0.1, 0.15) is 32.9 Å². The van der Waals surface area contributed by atoms with Gasteiger partial charge in [0.2, 0.25) is 0 Å². The normalized spacial score (nSPS) is 10.9. The van der Waals surface area contributed by atoms with Crippen LogP contribution >= 0.6 is 0 Å². The molecule has 1 N–H and O–H groups in total. The van der Waals surface area contributed by atoms with E-state index in [0.717, 1.165) is 31.1 Å². The second kappa shape index (κ2) is 9.75. The molecule has 1 aromatic rings. The van der Waals surface area contributed by atoms with Crippen molar-refractivity contribution in [3.05, 3.63) is 23.9 Å². The Bertz CT molecular complexity index is 343. The van der Waals surface area contributed by atoms with E-state index in [1.807, 2.05) is 18.2 Å². The van der Waals surface area contributed by atoms with Gasteiger partial charge in [-0.3, -0.25) is 0 Å². The summed E-state index contributed by atoms with van der Waals surface area (Å²) < 4.78 is 11.0. The Balaban J connectivity index is 2.18. The predicted octanol–water partition coefficient (Wildman–Crippen LogP) is 3.09. The van der Waals surface area contributed by atoms with Crippen molar-refractivity contribution >= 4 is 5.82 Å². The highest BCUT2D eigenvalue weighted by molar-refractivity contribution is 5.34. The van der Waals surface area contributed by atoms with E-state index in [1.165, 1.54) is 0 Å². The second-order valence-electron chi connectivity index (χ2n) is 4.96. The zero-order valence-electron chi connectivity index (χ0n) is 12.3. The number of anilines is 1. The first-order chi connectivity index (χ1) is 9.22. The van der Waals surface area contributed by atoms with Gasteiger partial charge in [0.1, 0.15) is 5.82 Å². The summed E-state index contributed by atoms with van der Waals surface area (Å²) in [5, 5.41) is 3.27. The van der Waals surface area contributed by atoms with E-state index >= 15 is 0 Å². The number of pyridine rings is 1. The zero-order chi connectivity index (χ0) is 13.9. The maximum absolute atomic E-state index is 5.55. The summed E-state index contributed by atoms with van der Waals surface area (Å²) in [6, 6.07) is 5.95. The molecule has 1 aromatic heterocycles. The summed E-state index contributed by atoms with van der Waals surface area (Å²) in [6.45, 7) is 9.94. The third kappa shape index (κ3) is 7.80. The van der Waals surface area contributed by atoms with Crippen molar-refractivity contribution in [2.24, 2.45) is 5.92 Å². The topological polar surface area (TPSA) is 43.4 Å². The van der Waals surface area contributed by atoms with Crippen molar-refractivity contribution in [2.75, 3.05) is 31.7 Å². The predicted molar refractivity (Wildman–Crippen MR) is 78.3 cm³/mol. The molecule has 4 heteroatoms. The van der Waals surface area contributed by atoms with Gasteiger partial charge in [0.05, 0.1) is 25.5 Å². The van der Waals surface area contributed by atoms with E-state index in [4.69, 9.17) is 9.47 Å². The van der Waals surface area contributed by atoms with Gasteiger partial charge in [0, 0.05) is 13.2 Å². The lowest BCUT2D eigenvalue weighted by Crippen LogP contribution is -2.09. The molecule has 1 heterocycles. The highest BCUT2D eigenvalue weighted by Crippen LogP contribution is 2.06. The monoisotopic (exact) mass is 266 g/mol. The summed E-state index contributed by atoms with van der Waals surface area (Å²) in [5.74, 6) is 1.49. The molecule has 0 aromatic carbocycles. The van der Waals surface area contributed by atoms with Crippen LogP contribution in [0.5, 0.6) is 0 Å². The van der Waals surface area contributed by atoms with E-state index in [1.54, 1.807) is 0 Å². The average Bonchev–Trinajstić information content (AvgIpc) is 2.40. The van der Waals surface area contributed by atoms with Crippen LogP contribution < -0.4 is 5.32 Å². The molecule has 108 valence electrons. The van der Waals surface area contributed by atoms with Crippen LogP contribution in [0, 0.1) is 5.92 Å². The molecule has 0 spiro atoms. The standard InChI is InChI=1S/C15H26N2O2/c1-4-8-16-15-7-5-6-14(17-15)12-19-10-9-18-11-13(2)3/h5-7,13H,4,8-12H2,1-3H3,(H,16,17). The summed E-state index contributed by atoms with van der Waals surface area (Å²) in [7, 11) is 0. The van der Waals surface area contributed by atoms with Crippen LogP contribution in [0.3, 0.4) is 0 Å². The number of nitrogens with one attached hydrogen (secondary N) is 1. The highest BCUT2D eigenvalue weighted by Gasteiger charge is 1.98. The molecule has 0 bridgehead atoms. The molecule has 0 radical (unpaired) electrons. The molecule has 4 nitrogen and oxygen atoms in total. The van der Waals surface area contributed by atoms with Crippen molar-refractivity contribution in [3.8, 4) is 0 Å². The molecule has 0 saturated heterocycles. The van der Waals surface area contributed by atoms with Gasteiger partial charge in [-0.1, -0.05) is 26.8 Å². The Labute approximate surface area is 116 Å². The minimum atomic E-state index is 0.534. The lowest BCUT2D eigenvalue weighted by Gasteiger charge is -2.08. The molecular formula is C15H26N2O2. The molecule has 0 atom stereocenters. The van der Waals surface area contributed by atoms with Crippen molar-refractivity contribution in [1.29, 1.82) is 0 Å².